The molecule has 0 fully saturated rings. The van der Waals surface area contributed by atoms with Gasteiger partial charge in [0.2, 0.25) is 0 Å². The van der Waals surface area contributed by atoms with Crippen molar-refractivity contribution in [3.8, 4) is 0 Å². The zero-order chi connectivity index (χ0) is 25.6. The molecule has 2 aromatic heterocycles. The Bertz CT molecular complexity index is 1460. The normalized spacial score (nSPS) is 15.7. The second kappa shape index (κ2) is 8.94. The molecule has 0 aliphatic carbocycles. The lowest BCUT2D eigenvalue weighted by Gasteiger charge is -2.29. The molecule has 2 N–H and O–H groups in total. The van der Waals surface area contributed by atoms with Crippen LogP contribution in [-0.4, -0.2) is 45.2 Å². The van der Waals surface area contributed by atoms with Crippen LogP contribution in [0.1, 0.15) is 41.0 Å². The molecule has 2 aliphatic heterocycles. The Morgan fingerprint density at radius 2 is 2.03 bits per heavy atom. The highest BCUT2D eigenvalue weighted by Gasteiger charge is 2.33. The molecular weight excluding hydrogens is 466 g/mol. The van der Waals surface area contributed by atoms with Gasteiger partial charge in [-0.05, 0) is 43.2 Å². The largest absolute Gasteiger partial charge is 0.390 e. The number of nitrogens with zero attached hydrogens (tertiary/aromatic N) is 5. The zero-order valence-corrected chi connectivity index (χ0v) is 20.2. The molecular formula is C26H26F2N6O2. The van der Waals surface area contributed by atoms with Gasteiger partial charge in [-0.3, -0.25) is 9.79 Å². The monoisotopic (exact) mass is 492 g/mol. The Labute approximate surface area is 206 Å². The number of anilines is 2. The molecule has 1 aromatic carbocycles. The van der Waals surface area contributed by atoms with E-state index in [0.29, 0.717) is 36.1 Å². The molecule has 36 heavy (non-hydrogen) atoms. The first-order chi connectivity index (χ1) is 17.2. The van der Waals surface area contributed by atoms with Crippen LogP contribution >= 0.6 is 0 Å². The quantitative estimate of drug-likeness (QED) is 0.547. The third kappa shape index (κ3) is 4.17. The molecule has 0 unspecified atom stereocenters. The summed E-state index contributed by atoms with van der Waals surface area (Å²) in [6, 6.07) is 9.07. The highest BCUT2D eigenvalue weighted by Crippen LogP contribution is 2.39. The molecule has 0 amide bonds. The first-order valence-corrected chi connectivity index (χ1v) is 11.6. The molecule has 0 saturated carbocycles. The molecule has 5 rings (SSSR count). The maximum atomic E-state index is 14.1. The summed E-state index contributed by atoms with van der Waals surface area (Å²) in [6.45, 7) is 3.65. The van der Waals surface area contributed by atoms with Crippen molar-refractivity contribution in [2.24, 2.45) is 12.0 Å². The van der Waals surface area contributed by atoms with Crippen LogP contribution in [0.25, 0.3) is 11.6 Å². The highest BCUT2D eigenvalue weighted by molar-refractivity contribution is 6.36. The van der Waals surface area contributed by atoms with Crippen LogP contribution < -0.4 is 15.8 Å². The lowest BCUT2D eigenvalue weighted by Crippen LogP contribution is -2.33. The highest BCUT2D eigenvalue weighted by atomic mass is 19.3. The smallest absolute Gasteiger partial charge is 0.295 e. The van der Waals surface area contributed by atoms with Gasteiger partial charge in [0, 0.05) is 43.0 Å². The molecule has 2 aliphatic rings. The Kier molecular flexibility index (Phi) is 5.91. The van der Waals surface area contributed by atoms with E-state index in [-0.39, 0.29) is 17.2 Å². The number of aliphatic hydroxyl groups excluding tert-OH is 1. The van der Waals surface area contributed by atoms with Gasteiger partial charge in [-0.15, -0.1) is 0 Å². The standard InChI is InChI=1S/C26H26F2N6O2/c1-15(17-5-4-6-19(11-17)26(27,28)14-35)30-23-21-13-20(18-7-9-33(3)22(36)12-18)24-29-8-10-34(24)25(21)32-16(2)31-23/h4-7,9,11-13,15,35H,8,10,14H2,1-3H3,(H,30,31,32)/t15-/m1/s1. The number of rotatable bonds is 6. The third-order valence-corrected chi connectivity index (χ3v) is 6.44. The lowest BCUT2D eigenvalue weighted by molar-refractivity contribution is -0.0556. The minimum absolute atomic E-state index is 0.129. The van der Waals surface area contributed by atoms with Crippen molar-refractivity contribution in [1.29, 1.82) is 0 Å². The summed E-state index contributed by atoms with van der Waals surface area (Å²) in [5.74, 6) is -0.748. The van der Waals surface area contributed by atoms with Gasteiger partial charge in [-0.25, -0.2) is 9.97 Å². The number of hydrogen-bond donors (Lipinski definition) is 2. The van der Waals surface area contributed by atoms with E-state index in [1.54, 1.807) is 38.4 Å². The predicted octanol–water partition coefficient (Wildman–Crippen LogP) is 3.51. The Balaban J connectivity index is 1.57. The fourth-order valence-corrected chi connectivity index (χ4v) is 4.45. The lowest BCUT2D eigenvalue weighted by atomic mass is 9.98. The first kappa shape index (κ1) is 23.8. The molecule has 0 spiro atoms. The van der Waals surface area contributed by atoms with Gasteiger partial charge in [0.05, 0.1) is 12.1 Å². The number of hydrogen-bond acceptors (Lipinski definition) is 7. The van der Waals surface area contributed by atoms with Gasteiger partial charge in [0.1, 0.15) is 29.9 Å². The number of amidine groups is 1. The van der Waals surface area contributed by atoms with Crippen LogP contribution in [0.4, 0.5) is 20.4 Å². The summed E-state index contributed by atoms with van der Waals surface area (Å²) in [6.07, 6.45) is 3.64. The fourth-order valence-electron chi connectivity index (χ4n) is 4.45. The van der Waals surface area contributed by atoms with Crippen molar-refractivity contribution >= 4 is 29.1 Å². The Hall–Kier alpha value is -3.92. The number of fused-ring (bicyclic) bond motifs is 3. The van der Waals surface area contributed by atoms with Crippen molar-refractivity contribution in [3.63, 3.8) is 0 Å². The van der Waals surface area contributed by atoms with Gasteiger partial charge in [0.25, 0.3) is 11.5 Å². The second-order valence-electron chi connectivity index (χ2n) is 8.99. The second-order valence-corrected chi connectivity index (χ2v) is 8.99. The number of benzene rings is 1. The number of halogens is 2. The van der Waals surface area contributed by atoms with E-state index < -0.39 is 12.5 Å². The SMILES string of the molecule is Cc1nc(N[C@H](C)c2cccc(C(F)(F)CO)c2)c2c(n1)N1CCN=C1C(c1ccn(C)c(=O)c1)=C2. The molecule has 0 saturated heterocycles. The molecule has 0 bridgehead atoms. The number of aryl methyl sites for hydroxylation is 2. The summed E-state index contributed by atoms with van der Waals surface area (Å²) in [5.41, 5.74) is 2.53. The number of aliphatic hydroxyl groups is 1. The van der Waals surface area contributed by atoms with Crippen molar-refractivity contribution in [2.45, 2.75) is 25.8 Å². The summed E-state index contributed by atoms with van der Waals surface area (Å²) in [4.78, 5) is 28.3. The van der Waals surface area contributed by atoms with Crippen molar-refractivity contribution in [1.82, 2.24) is 14.5 Å². The predicted molar refractivity (Wildman–Crippen MR) is 135 cm³/mol. The average Bonchev–Trinajstić information content (AvgIpc) is 3.36. The number of nitrogens with one attached hydrogen (secondary N) is 1. The molecule has 10 heteroatoms. The topological polar surface area (TPSA) is 95.6 Å². The van der Waals surface area contributed by atoms with E-state index in [0.717, 1.165) is 22.5 Å². The van der Waals surface area contributed by atoms with Gasteiger partial charge in [0.15, 0.2) is 0 Å². The summed E-state index contributed by atoms with van der Waals surface area (Å²) in [7, 11) is 1.70. The molecule has 1 atom stereocenters. The van der Waals surface area contributed by atoms with E-state index in [4.69, 9.17) is 5.11 Å². The van der Waals surface area contributed by atoms with Gasteiger partial charge < -0.3 is 19.9 Å². The van der Waals surface area contributed by atoms with Crippen LogP contribution in [0.3, 0.4) is 0 Å². The minimum atomic E-state index is -3.32. The number of aromatic nitrogens is 3. The van der Waals surface area contributed by atoms with Gasteiger partial charge in [-0.2, -0.15) is 8.78 Å². The van der Waals surface area contributed by atoms with Crippen LogP contribution in [0.5, 0.6) is 0 Å². The van der Waals surface area contributed by atoms with E-state index >= 15 is 0 Å². The fraction of sp³-hybridized carbons (Fsp3) is 0.308. The van der Waals surface area contributed by atoms with Gasteiger partial charge in [-0.1, -0.05) is 18.2 Å². The summed E-state index contributed by atoms with van der Waals surface area (Å²) < 4.78 is 29.7. The van der Waals surface area contributed by atoms with Crippen LogP contribution in [0.15, 0.2) is 52.4 Å². The van der Waals surface area contributed by atoms with Crippen LogP contribution in [0, 0.1) is 6.92 Å². The molecule has 8 nitrogen and oxygen atoms in total. The summed E-state index contributed by atoms with van der Waals surface area (Å²) in [5, 5.41) is 12.4. The Morgan fingerprint density at radius 3 is 2.78 bits per heavy atom. The van der Waals surface area contributed by atoms with E-state index in [2.05, 4.69) is 20.3 Å². The third-order valence-electron chi connectivity index (χ3n) is 6.44. The van der Waals surface area contributed by atoms with Crippen LogP contribution in [0.2, 0.25) is 0 Å². The molecule has 0 radical (unpaired) electrons. The molecule has 186 valence electrons. The van der Waals surface area contributed by atoms with Crippen molar-refractivity contribution in [3.05, 3.63) is 81.0 Å². The van der Waals surface area contributed by atoms with E-state index in [1.807, 2.05) is 24.0 Å². The average molecular weight is 493 g/mol. The zero-order valence-electron chi connectivity index (χ0n) is 20.2. The maximum Gasteiger partial charge on any atom is 0.295 e. The van der Waals surface area contributed by atoms with Crippen molar-refractivity contribution < 1.29 is 13.9 Å². The molecule has 3 aromatic rings. The number of pyridine rings is 1. The first-order valence-electron chi connectivity index (χ1n) is 11.6. The van der Waals surface area contributed by atoms with E-state index in [9.17, 15) is 13.6 Å². The minimum Gasteiger partial charge on any atom is -0.390 e. The van der Waals surface area contributed by atoms with Crippen LogP contribution in [-0.2, 0) is 13.0 Å². The number of aliphatic imine (C=N–C) groups is 1. The summed E-state index contributed by atoms with van der Waals surface area (Å²) >= 11 is 0. The maximum absolute atomic E-state index is 14.1. The van der Waals surface area contributed by atoms with Gasteiger partial charge >= 0.3 is 0 Å². The molecule has 4 heterocycles. The number of alkyl halides is 2. The van der Waals surface area contributed by atoms with Crippen molar-refractivity contribution in [2.75, 3.05) is 29.9 Å². The van der Waals surface area contributed by atoms with E-state index in [1.165, 1.54) is 16.7 Å². The Morgan fingerprint density at radius 1 is 1.22 bits per heavy atom.